The molecule has 2 rings (SSSR count). The zero-order valence-electron chi connectivity index (χ0n) is 13.2. The standard InChI is InChI=1S/C16H24N4O2/c1-3-12(2)18-16(22)20-9-6-14(7-10-20)19-15(21)13-5-4-8-17-11-13/h4-5,8,11-12,14H,3,6-7,9-10H2,1-2H3,(H,18,22)(H,19,21). The Morgan fingerprint density at radius 1 is 1.41 bits per heavy atom. The van der Waals surface area contributed by atoms with E-state index in [1.807, 2.05) is 18.7 Å². The van der Waals surface area contributed by atoms with Gasteiger partial charge in [0.1, 0.15) is 0 Å². The molecule has 1 aliphatic rings. The number of hydrogen-bond donors (Lipinski definition) is 2. The number of hydrogen-bond acceptors (Lipinski definition) is 3. The van der Waals surface area contributed by atoms with E-state index < -0.39 is 0 Å². The van der Waals surface area contributed by atoms with E-state index >= 15 is 0 Å². The second kappa shape index (κ2) is 7.77. The first-order chi connectivity index (χ1) is 10.6. The van der Waals surface area contributed by atoms with Gasteiger partial charge in [0, 0.05) is 37.6 Å². The molecule has 6 heteroatoms. The smallest absolute Gasteiger partial charge is 0.317 e. The van der Waals surface area contributed by atoms with Crippen molar-refractivity contribution in [1.82, 2.24) is 20.5 Å². The molecule has 1 aromatic rings. The lowest BCUT2D eigenvalue weighted by Gasteiger charge is -2.33. The number of carbonyl (C=O) groups is 2. The molecule has 1 unspecified atom stereocenters. The lowest BCUT2D eigenvalue weighted by Crippen LogP contribution is -2.50. The van der Waals surface area contributed by atoms with E-state index in [4.69, 9.17) is 0 Å². The molecule has 6 nitrogen and oxygen atoms in total. The van der Waals surface area contributed by atoms with Crippen LogP contribution >= 0.6 is 0 Å². The van der Waals surface area contributed by atoms with Crippen molar-refractivity contribution in [2.45, 2.75) is 45.2 Å². The highest BCUT2D eigenvalue weighted by Crippen LogP contribution is 2.11. The molecule has 1 saturated heterocycles. The quantitative estimate of drug-likeness (QED) is 0.890. The molecule has 0 saturated carbocycles. The lowest BCUT2D eigenvalue weighted by molar-refractivity contribution is 0.0917. The normalized spacial score (nSPS) is 16.9. The molecule has 1 aromatic heterocycles. The van der Waals surface area contributed by atoms with Crippen molar-refractivity contribution in [3.8, 4) is 0 Å². The molecule has 0 aromatic carbocycles. The minimum atomic E-state index is -0.101. The van der Waals surface area contributed by atoms with Crippen LogP contribution in [0.3, 0.4) is 0 Å². The summed E-state index contributed by atoms with van der Waals surface area (Å²) < 4.78 is 0. The maximum absolute atomic E-state index is 12.1. The van der Waals surface area contributed by atoms with Gasteiger partial charge in [-0.1, -0.05) is 6.92 Å². The Balaban J connectivity index is 1.78. The second-order valence-corrected chi connectivity index (χ2v) is 5.74. The fourth-order valence-electron chi connectivity index (χ4n) is 2.40. The van der Waals surface area contributed by atoms with Gasteiger partial charge in [-0.3, -0.25) is 9.78 Å². The Morgan fingerprint density at radius 3 is 2.73 bits per heavy atom. The summed E-state index contributed by atoms with van der Waals surface area (Å²) in [7, 11) is 0. The van der Waals surface area contributed by atoms with E-state index in [0.29, 0.717) is 18.7 Å². The fourth-order valence-corrected chi connectivity index (χ4v) is 2.40. The summed E-state index contributed by atoms with van der Waals surface area (Å²) in [4.78, 5) is 29.9. The van der Waals surface area contributed by atoms with Gasteiger partial charge in [-0.05, 0) is 38.3 Å². The number of amides is 3. The minimum absolute atomic E-state index is 0.00798. The van der Waals surface area contributed by atoms with Gasteiger partial charge in [-0.2, -0.15) is 0 Å². The summed E-state index contributed by atoms with van der Waals surface area (Å²) in [5.41, 5.74) is 0.569. The van der Waals surface area contributed by atoms with Gasteiger partial charge in [0.2, 0.25) is 0 Å². The molecule has 0 radical (unpaired) electrons. The number of aromatic nitrogens is 1. The van der Waals surface area contributed by atoms with Crippen LogP contribution in [-0.2, 0) is 0 Å². The predicted octanol–water partition coefficient (Wildman–Crippen LogP) is 1.78. The molecule has 2 heterocycles. The van der Waals surface area contributed by atoms with Crippen molar-refractivity contribution in [3.05, 3.63) is 30.1 Å². The maximum Gasteiger partial charge on any atom is 0.317 e. The Kier molecular flexibility index (Phi) is 5.75. The van der Waals surface area contributed by atoms with Gasteiger partial charge in [0.25, 0.3) is 5.91 Å². The highest BCUT2D eigenvalue weighted by Gasteiger charge is 2.24. The molecule has 1 atom stereocenters. The van der Waals surface area contributed by atoms with E-state index in [2.05, 4.69) is 15.6 Å². The second-order valence-electron chi connectivity index (χ2n) is 5.74. The van der Waals surface area contributed by atoms with Crippen LogP contribution in [0.4, 0.5) is 4.79 Å². The monoisotopic (exact) mass is 304 g/mol. The van der Waals surface area contributed by atoms with Crippen LogP contribution in [0.15, 0.2) is 24.5 Å². The lowest BCUT2D eigenvalue weighted by atomic mass is 10.0. The van der Waals surface area contributed by atoms with E-state index in [-0.39, 0.29) is 24.0 Å². The van der Waals surface area contributed by atoms with E-state index in [1.54, 1.807) is 24.5 Å². The third-order valence-corrected chi connectivity index (χ3v) is 4.02. The molecule has 1 fully saturated rings. The first-order valence-corrected chi connectivity index (χ1v) is 7.86. The number of urea groups is 1. The SMILES string of the molecule is CCC(C)NC(=O)N1CCC(NC(=O)c2cccnc2)CC1. The van der Waals surface area contributed by atoms with E-state index in [9.17, 15) is 9.59 Å². The molecular weight excluding hydrogens is 280 g/mol. The van der Waals surface area contributed by atoms with Crippen molar-refractivity contribution in [3.63, 3.8) is 0 Å². The Labute approximate surface area is 131 Å². The number of piperidine rings is 1. The van der Waals surface area contributed by atoms with Crippen LogP contribution < -0.4 is 10.6 Å². The van der Waals surface area contributed by atoms with Crippen molar-refractivity contribution in [1.29, 1.82) is 0 Å². The molecule has 0 bridgehead atoms. The highest BCUT2D eigenvalue weighted by molar-refractivity contribution is 5.94. The number of nitrogens with zero attached hydrogens (tertiary/aromatic N) is 2. The summed E-state index contributed by atoms with van der Waals surface area (Å²) in [6.45, 7) is 5.38. The first kappa shape index (κ1) is 16.3. The van der Waals surface area contributed by atoms with Crippen LogP contribution in [0.25, 0.3) is 0 Å². The van der Waals surface area contributed by atoms with Crippen molar-refractivity contribution >= 4 is 11.9 Å². The number of pyridine rings is 1. The minimum Gasteiger partial charge on any atom is -0.349 e. The summed E-state index contributed by atoms with van der Waals surface area (Å²) in [6, 6.07) is 3.79. The van der Waals surface area contributed by atoms with Gasteiger partial charge in [-0.15, -0.1) is 0 Å². The Bertz CT molecular complexity index is 498. The third kappa shape index (κ3) is 4.44. The fraction of sp³-hybridized carbons (Fsp3) is 0.562. The van der Waals surface area contributed by atoms with Crippen molar-refractivity contribution < 1.29 is 9.59 Å². The highest BCUT2D eigenvalue weighted by atomic mass is 16.2. The first-order valence-electron chi connectivity index (χ1n) is 7.86. The molecule has 22 heavy (non-hydrogen) atoms. The predicted molar refractivity (Wildman–Crippen MR) is 84.6 cm³/mol. The zero-order valence-corrected chi connectivity index (χ0v) is 13.2. The Morgan fingerprint density at radius 2 is 2.14 bits per heavy atom. The van der Waals surface area contributed by atoms with E-state index in [1.165, 1.54) is 0 Å². The number of nitrogens with one attached hydrogen (secondary N) is 2. The number of carbonyl (C=O) groups excluding carboxylic acids is 2. The molecule has 0 aliphatic carbocycles. The number of likely N-dealkylation sites (tertiary alicyclic amines) is 1. The van der Waals surface area contributed by atoms with Gasteiger partial charge in [0.05, 0.1) is 5.56 Å². The van der Waals surface area contributed by atoms with Crippen LogP contribution in [0.5, 0.6) is 0 Å². The third-order valence-electron chi connectivity index (χ3n) is 4.02. The summed E-state index contributed by atoms with van der Waals surface area (Å²) >= 11 is 0. The summed E-state index contributed by atoms with van der Waals surface area (Å²) in [6.07, 6.45) is 5.68. The summed E-state index contributed by atoms with van der Waals surface area (Å²) in [5.74, 6) is -0.101. The van der Waals surface area contributed by atoms with Crippen molar-refractivity contribution in [2.75, 3.05) is 13.1 Å². The molecule has 120 valence electrons. The topological polar surface area (TPSA) is 74.3 Å². The van der Waals surface area contributed by atoms with Gasteiger partial charge in [-0.25, -0.2) is 4.79 Å². The average Bonchev–Trinajstić information content (AvgIpc) is 2.56. The maximum atomic E-state index is 12.1. The van der Waals surface area contributed by atoms with Gasteiger partial charge < -0.3 is 15.5 Å². The van der Waals surface area contributed by atoms with Crippen LogP contribution in [0.1, 0.15) is 43.5 Å². The van der Waals surface area contributed by atoms with Crippen LogP contribution in [0.2, 0.25) is 0 Å². The Hall–Kier alpha value is -2.11. The molecule has 3 amide bonds. The largest absolute Gasteiger partial charge is 0.349 e. The number of rotatable bonds is 4. The van der Waals surface area contributed by atoms with E-state index in [0.717, 1.165) is 19.3 Å². The molecule has 0 spiro atoms. The van der Waals surface area contributed by atoms with Crippen LogP contribution in [0, 0.1) is 0 Å². The van der Waals surface area contributed by atoms with Crippen LogP contribution in [-0.4, -0.2) is 47.0 Å². The molecular formula is C16H24N4O2. The summed E-state index contributed by atoms with van der Waals surface area (Å²) in [5, 5.41) is 5.98. The van der Waals surface area contributed by atoms with Gasteiger partial charge in [0.15, 0.2) is 0 Å². The zero-order chi connectivity index (χ0) is 15.9. The van der Waals surface area contributed by atoms with Gasteiger partial charge >= 0.3 is 6.03 Å². The average molecular weight is 304 g/mol. The molecule has 2 N–H and O–H groups in total. The molecule has 1 aliphatic heterocycles. The van der Waals surface area contributed by atoms with Crippen molar-refractivity contribution in [2.24, 2.45) is 0 Å².